The van der Waals surface area contributed by atoms with Gasteiger partial charge in [0.2, 0.25) is 0 Å². The fourth-order valence-corrected chi connectivity index (χ4v) is 3.19. The molecule has 0 aliphatic carbocycles. The summed E-state index contributed by atoms with van der Waals surface area (Å²) < 4.78 is 18.8. The van der Waals surface area contributed by atoms with E-state index in [-0.39, 0.29) is 30.4 Å². The maximum atomic E-state index is 13.2. The summed E-state index contributed by atoms with van der Waals surface area (Å²) >= 11 is 0. The van der Waals surface area contributed by atoms with Crippen LogP contribution in [-0.2, 0) is 6.61 Å². The number of benzene rings is 2. The molecule has 3 rings (SSSR count). The molecule has 0 saturated carbocycles. The topological polar surface area (TPSA) is 55.6 Å². The number of hydrogen-bond donors (Lipinski definition) is 1. The average molecular weight is 342 g/mol. The van der Waals surface area contributed by atoms with E-state index in [1.807, 2.05) is 36.1 Å². The second-order valence-corrected chi connectivity index (χ2v) is 6.58. The van der Waals surface area contributed by atoms with Gasteiger partial charge in [-0.05, 0) is 49.6 Å². The first-order valence-electron chi connectivity index (χ1n) is 8.57. The number of nitrogens with two attached hydrogens (primary N) is 1. The second-order valence-electron chi connectivity index (χ2n) is 6.58. The molecule has 1 aliphatic rings. The van der Waals surface area contributed by atoms with Crippen LogP contribution in [0.25, 0.3) is 0 Å². The van der Waals surface area contributed by atoms with Crippen LogP contribution in [0, 0.1) is 5.82 Å². The minimum absolute atomic E-state index is 0.0204. The van der Waals surface area contributed by atoms with Gasteiger partial charge in [0.1, 0.15) is 18.2 Å². The standard InChI is InChI=1S/C20H23FN2O2/c1-14-10-18(22)8-9-23(14)20(24)16-5-2-4-15(11-16)13-25-19-7-3-6-17(21)12-19/h2-7,11-12,14,18H,8-10,13,22H2,1H3/t14-,18-/m0/s1. The Bertz CT molecular complexity index is 750. The molecule has 2 N–H and O–H groups in total. The summed E-state index contributed by atoms with van der Waals surface area (Å²) in [6, 6.07) is 13.7. The van der Waals surface area contributed by atoms with Crippen molar-refractivity contribution >= 4 is 5.91 Å². The number of piperidine rings is 1. The molecule has 0 aromatic heterocycles. The number of ether oxygens (including phenoxy) is 1. The molecule has 2 aromatic carbocycles. The monoisotopic (exact) mass is 342 g/mol. The van der Waals surface area contributed by atoms with Gasteiger partial charge in [-0.15, -0.1) is 0 Å². The lowest BCUT2D eigenvalue weighted by Gasteiger charge is -2.36. The first kappa shape index (κ1) is 17.4. The predicted molar refractivity (Wildman–Crippen MR) is 94.9 cm³/mol. The van der Waals surface area contributed by atoms with Gasteiger partial charge in [-0.25, -0.2) is 4.39 Å². The van der Waals surface area contributed by atoms with Crippen LogP contribution in [0.2, 0.25) is 0 Å². The van der Waals surface area contributed by atoms with Gasteiger partial charge in [0.05, 0.1) is 0 Å². The maximum absolute atomic E-state index is 13.2. The normalized spacial score (nSPS) is 20.4. The van der Waals surface area contributed by atoms with Crippen LogP contribution in [0.3, 0.4) is 0 Å². The van der Waals surface area contributed by atoms with E-state index in [2.05, 4.69) is 0 Å². The third kappa shape index (κ3) is 4.37. The second kappa shape index (κ2) is 7.66. The SMILES string of the molecule is C[C@H]1C[C@@H](N)CCN1C(=O)c1cccc(COc2cccc(F)c2)c1. The molecule has 25 heavy (non-hydrogen) atoms. The Hall–Kier alpha value is -2.40. The Labute approximate surface area is 147 Å². The molecule has 1 fully saturated rings. The molecule has 1 aliphatic heterocycles. The minimum Gasteiger partial charge on any atom is -0.489 e. The van der Waals surface area contributed by atoms with Crippen LogP contribution in [0.1, 0.15) is 35.7 Å². The highest BCUT2D eigenvalue weighted by atomic mass is 19.1. The van der Waals surface area contributed by atoms with E-state index >= 15 is 0 Å². The number of carbonyl (C=O) groups excluding carboxylic acids is 1. The Kier molecular flexibility index (Phi) is 5.34. The van der Waals surface area contributed by atoms with E-state index in [4.69, 9.17) is 10.5 Å². The van der Waals surface area contributed by atoms with Crippen LogP contribution in [0.5, 0.6) is 5.75 Å². The van der Waals surface area contributed by atoms with Crippen LogP contribution in [-0.4, -0.2) is 29.4 Å². The Balaban J connectivity index is 1.67. The van der Waals surface area contributed by atoms with Gasteiger partial charge >= 0.3 is 0 Å². The lowest BCUT2D eigenvalue weighted by atomic mass is 9.98. The highest BCUT2D eigenvalue weighted by molar-refractivity contribution is 5.94. The number of carbonyl (C=O) groups is 1. The molecular weight excluding hydrogens is 319 g/mol. The molecule has 0 bridgehead atoms. The molecule has 1 heterocycles. The summed E-state index contributed by atoms with van der Waals surface area (Å²) in [7, 11) is 0. The van der Waals surface area contributed by atoms with Gasteiger partial charge in [0.15, 0.2) is 0 Å². The summed E-state index contributed by atoms with van der Waals surface area (Å²) in [6.07, 6.45) is 1.66. The molecule has 2 atom stereocenters. The quantitative estimate of drug-likeness (QED) is 0.927. The average Bonchev–Trinajstić information content (AvgIpc) is 2.60. The zero-order chi connectivity index (χ0) is 17.8. The van der Waals surface area contributed by atoms with Crippen molar-refractivity contribution in [1.82, 2.24) is 4.90 Å². The molecule has 5 heteroatoms. The van der Waals surface area contributed by atoms with Gasteiger partial charge < -0.3 is 15.4 Å². The number of halogens is 1. The molecular formula is C20H23FN2O2. The minimum atomic E-state index is -0.335. The van der Waals surface area contributed by atoms with E-state index in [0.29, 0.717) is 17.9 Å². The predicted octanol–water partition coefficient (Wildman–Crippen LogP) is 3.36. The molecule has 0 radical (unpaired) electrons. The van der Waals surface area contributed by atoms with Gasteiger partial charge in [-0.1, -0.05) is 18.2 Å². The smallest absolute Gasteiger partial charge is 0.254 e. The van der Waals surface area contributed by atoms with E-state index in [0.717, 1.165) is 18.4 Å². The number of likely N-dealkylation sites (tertiary alicyclic amines) is 1. The highest BCUT2D eigenvalue weighted by Gasteiger charge is 2.27. The maximum Gasteiger partial charge on any atom is 0.254 e. The van der Waals surface area contributed by atoms with Crippen molar-refractivity contribution in [3.05, 3.63) is 65.5 Å². The summed E-state index contributed by atoms with van der Waals surface area (Å²) in [4.78, 5) is 14.7. The number of hydrogen-bond acceptors (Lipinski definition) is 3. The van der Waals surface area contributed by atoms with Crippen molar-refractivity contribution < 1.29 is 13.9 Å². The molecule has 132 valence electrons. The van der Waals surface area contributed by atoms with Gasteiger partial charge in [0, 0.05) is 30.3 Å². The van der Waals surface area contributed by atoms with Crippen LogP contribution >= 0.6 is 0 Å². The summed E-state index contributed by atoms with van der Waals surface area (Å²) in [5.74, 6) is 0.154. The van der Waals surface area contributed by atoms with Gasteiger partial charge in [-0.3, -0.25) is 4.79 Å². The Morgan fingerprint density at radius 3 is 2.84 bits per heavy atom. The fourth-order valence-electron chi connectivity index (χ4n) is 3.19. The van der Waals surface area contributed by atoms with E-state index < -0.39 is 0 Å². The lowest BCUT2D eigenvalue weighted by Crippen LogP contribution is -2.48. The van der Waals surface area contributed by atoms with E-state index in [1.54, 1.807) is 12.1 Å². The van der Waals surface area contributed by atoms with Crippen molar-refractivity contribution in [3.8, 4) is 5.75 Å². The van der Waals surface area contributed by atoms with E-state index in [9.17, 15) is 9.18 Å². The fraction of sp³-hybridized carbons (Fsp3) is 0.350. The van der Waals surface area contributed by atoms with Crippen molar-refractivity contribution in [2.75, 3.05) is 6.54 Å². The summed E-state index contributed by atoms with van der Waals surface area (Å²) in [5, 5.41) is 0. The molecule has 1 saturated heterocycles. The third-order valence-electron chi connectivity index (χ3n) is 4.55. The Morgan fingerprint density at radius 2 is 2.08 bits per heavy atom. The Morgan fingerprint density at radius 1 is 1.28 bits per heavy atom. The molecule has 4 nitrogen and oxygen atoms in total. The first-order valence-corrected chi connectivity index (χ1v) is 8.57. The van der Waals surface area contributed by atoms with Crippen LogP contribution in [0.15, 0.2) is 48.5 Å². The first-order chi connectivity index (χ1) is 12.0. The number of amides is 1. The number of nitrogens with zero attached hydrogens (tertiary/aromatic N) is 1. The summed E-state index contributed by atoms with van der Waals surface area (Å²) in [5.41, 5.74) is 7.49. The van der Waals surface area contributed by atoms with Crippen molar-refractivity contribution in [2.45, 2.75) is 38.5 Å². The highest BCUT2D eigenvalue weighted by Crippen LogP contribution is 2.20. The lowest BCUT2D eigenvalue weighted by molar-refractivity contribution is 0.0619. The third-order valence-corrected chi connectivity index (χ3v) is 4.55. The van der Waals surface area contributed by atoms with Crippen molar-refractivity contribution in [2.24, 2.45) is 5.73 Å². The number of rotatable bonds is 4. The van der Waals surface area contributed by atoms with Crippen LogP contribution in [0.4, 0.5) is 4.39 Å². The molecule has 0 unspecified atom stereocenters. The van der Waals surface area contributed by atoms with Gasteiger partial charge in [-0.2, -0.15) is 0 Å². The summed E-state index contributed by atoms with van der Waals surface area (Å²) in [6.45, 7) is 3.00. The molecule has 0 spiro atoms. The largest absolute Gasteiger partial charge is 0.489 e. The molecule has 1 amide bonds. The van der Waals surface area contributed by atoms with E-state index in [1.165, 1.54) is 12.1 Å². The van der Waals surface area contributed by atoms with Crippen molar-refractivity contribution in [1.29, 1.82) is 0 Å². The zero-order valence-corrected chi connectivity index (χ0v) is 14.3. The molecule has 2 aromatic rings. The van der Waals surface area contributed by atoms with Crippen molar-refractivity contribution in [3.63, 3.8) is 0 Å². The van der Waals surface area contributed by atoms with Gasteiger partial charge in [0.25, 0.3) is 5.91 Å². The van der Waals surface area contributed by atoms with Crippen LogP contribution < -0.4 is 10.5 Å². The zero-order valence-electron chi connectivity index (χ0n) is 14.3.